The van der Waals surface area contributed by atoms with Crippen LogP contribution in [0.2, 0.25) is 0 Å². The van der Waals surface area contributed by atoms with Crippen molar-refractivity contribution < 1.29 is 17.6 Å². The van der Waals surface area contributed by atoms with Gasteiger partial charge in [-0.25, -0.2) is 22.8 Å². The predicted octanol–water partition coefficient (Wildman–Crippen LogP) is 1.62. The molecular weight excluding hydrogens is 333 g/mol. The molecule has 0 radical (unpaired) electrons. The number of aromatic nitrogens is 2. The number of hydrogen-bond acceptors (Lipinski definition) is 5. The van der Waals surface area contributed by atoms with E-state index in [1.807, 2.05) is 0 Å². The molecule has 0 bridgehead atoms. The van der Waals surface area contributed by atoms with Gasteiger partial charge in [0.15, 0.2) is 9.84 Å². The van der Waals surface area contributed by atoms with Crippen molar-refractivity contribution in [1.29, 1.82) is 0 Å². The van der Waals surface area contributed by atoms with Crippen LogP contribution in [0.4, 0.5) is 4.39 Å². The largest absolute Gasteiger partial charge is 0.335 e. The van der Waals surface area contributed by atoms with E-state index in [1.165, 1.54) is 35.5 Å². The van der Waals surface area contributed by atoms with Crippen LogP contribution in [-0.4, -0.2) is 48.0 Å². The number of nitrogens with zero attached hydrogens (tertiary/aromatic N) is 3. The van der Waals surface area contributed by atoms with Crippen LogP contribution in [0.25, 0.3) is 0 Å². The van der Waals surface area contributed by atoms with Crippen molar-refractivity contribution in [2.45, 2.75) is 11.7 Å². The zero-order valence-corrected chi connectivity index (χ0v) is 13.6. The van der Waals surface area contributed by atoms with Gasteiger partial charge in [-0.05, 0) is 18.6 Å². The summed E-state index contributed by atoms with van der Waals surface area (Å²) < 4.78 is 39.1. The zero-order valence-electron chi connectivity index (χ0n) is 12.8. The lowest BCUT2D eigenvalue weighted by Crippen LogP contribution is -2.34. The number of carbonyl (C=O) groups excluding carboxylic acids is 1. The van der Waals surface area contributed by atoms with Crippen LogP contribution in [0, 0.1) is 5.82 Å². The summed E-state index contributed by atoms with van der Waals surface area (Å²) in [6.45, 7) is 0.250. The van der Waals surface area contributed by atoms with Gasteiger partial charge in [-0.15, -0.1) is 0 Å². The molecule has 1 fully saturated rings. The molecule has 1 aromatic carbocycles. The lowest BCUT2D eigenvalue weighted by atomic mass is 10.1. The highest BCUT2D eigenvalue weighted by atomic mass is 32.2. The van der Waals surface area contributed by atoms with Crippen LogP contribution < -0.4 is 0 Å². The second-order valence-corrected chi connectivity index (χ2v) is 7.83. The first-order chi connectivity index (χ1) is 11.5. The van der Waals surface area contributed by atoms with Crippen molar-refractivity contribution in [3.63, 3.8) is 0 Å². The molecule has 1 atom stereocenters. The number of halogens is 1. The minimum atomic E-state index is -3.56. The van der Waals surface area contributed by atoms with E-state index in [2.05, 4.69) is 9.97 Å². The number of sulfone groups is 1. The van der Waals surface area contributed by atoms with Crippen LogP contribution >= 0.6 is 0 Å². The van der Waals surface area contributed by atoms with Gasteiger partial charge >= 0.3 is 0 Å². The fraction of sp³-hybridized carbons (Fsp3) is 0.312. The van der Waals surface area contributed by atoms with Gasteiger partial charge in [0, 0.05) is 31.0 Å². The van der Waals surface area contributed by atoms with Gasteiger partial charge in [0.25, 0.3) is 5.91 Å². The molecule has 2 aromatic rings. The SMILES string of the molecule is O=C(c1ncccn1)N1CC[C@@H](c2ccccc2F)S(=O)(=O)CC1. The Kier molecular flexibility index (Phi) is 4.57. The minimum Gasteiger partial charge on any atom is -0.335 e. The second-order valence-electron chi connectivity index (χ2n) is 5.53. The average Bonchev–Trinajstić information content (AvgIpc) is 2.74. The maximum atomic E-state index is 14.0. The Balaban J connectivity index is 1.85. The Hall–Kier alpha value is -2.35. The van der Waals surface area contributed by atoms with E-state index in [9.17, 15) is 17.6 Å². The van der Waals surface area contributed by atoms with Crippen LogP contribution in [0.3, 0.4) is 0 Å². The first-order valence-electron chi connectivity index (χ1n) is 7.51. The standard InChI is InChI=1S/C16H16FN3O3S/c17-13-5-2-1-4-12(13)14-6-9-20(10-11-24(14,22)23)16(21)15-18-7-3-8-19-15/h1-5,7-8,14H,6,9-11H2/t14-/m0/s1. The van der Waals surface area contributed by atoms with Crippen molar-refractivity contribution in [3.05, 3.63) is 59.9 Å². The highest BCUT2D eigenvalue weighted by molar-refractivity contribution is 7.91. The molecule has 8 heteroatoms. The number of rotatable bonds is 2. The Morgan fingerprint density at radius 2 is 1.83 bits per heavy atom. The molecule has 0 aliphatic carbocycles. The first-order valence-corrected chi connectivity index (χ1v) is 9.23. The van der Waals surface area contributed by atoms with Crippen molar-refractivity contribution in [1.82, 2.24) is 14.9 Å². The van der Waals surface area contributed by atoms with Crippen molar-refractivity contribution in [2.24, 2.45) is 0 Å². The van der Waals surface area contributed by atoms with Crippen LogP contribution in [0.15, 0.2) is 42.7 Å². The third kappa shape index (κ3) is 3.28. The van der Waals surface area contributed by atoms with Gasteiger partial charge in [0.2, 0.25) is 5.82 Å². The molecule has 2 heterocycles. The van der Waals surface area contributed by atoms with Gasteiger partial charge < -0.3 is 4.90 Å². The summed E-state index contributed by atoms with van der Waals surface area (Å²) in [4.78, 5) is 21.6. The normalized spacial score (nSPS) is 20.4. The van der Waals surface area contributed by atoms with E-state index in [1.54, 1.807) is 12.1 Å². The van der Waals surface area contributed by atoms with Gasteiger partial charge in [0.1, 0.15) is 5.82 Å². The van der Waals surface area contributed by atoms with E-state index in [-0.39, 0.29) is 36.7 Å². The maximum absolute atomic E-state index is 14.0. The average molecular weight is 349 g/mol. The molecule has 3 rings (SSSR count). The summed E-state index contributed by atoms with van der Waals surface area (Å²) in [5, 5.41) is -0.951. The molecule has 0 saturated carbocycles. The van der Waals surface area contributed by atoms with Gasteiger partial charge in [-0.2, -0.15) is 0 Å². The van der Waals surface area contributed by atoms with Crippen LogP contribution in [-0.2, 0) is 9.84 Å². The summed E-state index contributed by atoms with van der Waals surface area (Å²) in [6.07, 6.45) is 3.05. The molecule has 126 valence electrons. The lowest BCUT2D eigenvalue weighted by Gasteiger charge is -2.19. The molecule has 1 amide bonds. The van der Waals surface area contributed by atoms with E-state index in [4.69, 9.17) is 0 Å². The Bertz CT molecular complexity index is 843. The molecule has 1 aliphatic rings. The Morgan fingerprint density at radius 1 is 1.12 bits per heavy atom. The molecule has 24 heavy (non-hydrogen) atoms. The zero-order chi connectivity index (χ0) is 17.2. The topological polar surface area (TPSA) is 80.2 Å². The Labute approximate surface area is 139 Å². The second kappa shape index (κ2) is 6.64. The van der Waals surface area contributed by atoms with E-state index in [0.29, 0.717) is 0 Å². The number of benzene rings is 1. The van der Waals surface area contributed by atoms with Crippen molar-refractivity contribution >= 4 is 15.7 Å². The number of amides is 1. The number of carbonyl (C=O) groups is 1. The maximum Gasteiger partial charge on any atom is 0.291 e. The minimum absolute atomic E-state index is 0.0271. The highest BCUT2D eigenvalue weighted by Crippen LogP contribution is 2.31. The summed E-state index contributed by atoms with van der Waals surface area (Å²) in [7, 11) is -3.56. The van der Waals surface area contributed by atoms with E-state index in [0.717, 1.165) is 0 Å². The molecule has 1 saturated heterocycles. The van der Waals surface area contributed by atoms with Crippen LogP contribution in [0.5, 0.6) is 0 Å². The molecule has 1 aromatic heterocycles. The summed E-state index contributed by atoms with van der Waals surface area (Å²) in [5.74, 6) is -1.15. The quantitative estimate of drug-likeness (QED) is 0.823. The Morgan fingerprint density at radius 3 is 2.54 bits per heavy atom. The fourth-order valence-corrected chi connectivity index (χ4v) is 4.59. The van der Waals surface area contributed by atoms with Crippen molar-refractivity contribution in [2.75, 3.05) is 18.8 Å². The van der Waals surface area contributed by atoms with Gasteiger partial charge in [-0.1, -0.05) is 18.2 Å². The summed E-state index contributed by atoms with van der Waals surface area (Å²) in [6, 6.07) is 7.45. The molecule has 6 nitrogen and oxygen atoms in total. The number of hydrogen-bond donors (Lipinski definition) is 0. The lowest BCUT2D eigenvalue weighted by molar-refractivity contribution is 0.0754. The van der Waals surface area contributed by atoms with E-state index < -0.39 is 26.8 Å². The fourth-order valence-electron chi connectivity index (χ4n) is 2.78. The molecule has 0 N–H and O–H groups in total. The van der Waals surface area contributed by atoms with E-state index >= 15 is 0 Å². The van der Waals surface area contributed by atoms with Crippen molar-refractivity contribution in [3.8, 4) is 0 Å². The first kappa shape index (κ1) is 16.5. The summed E-state index contributed by atoms with van der Waals surface area (Å²) >= 11 is 0. The van der Waals surface area contributed by atoms with Gasteiger partial charge in [0.05, 0.1) is 11.0 Å². The molecule has 0 unspecified atom stereocenters. The monoisotopic (exact) mass is 349 g/mol. The highest BCUT2D eigenvalue weighted by Gasteiger charge is 2.34. The predicted molar refractivity (Wildman–Crippen MR) is 85.5 cm³/mol. The summed E-state index contributed by atoms with van der Waals surface area (Å²) in [5.41, 5.74) is 0.155. The molecular formula is C16H16FN3O3S. The molecule has 1 aliphatic heterocycles. The molecule has 0 spiro atoms. The smallest absolute Gasteiger partial charge is 0.291 e. The third-order valence-corrected chi connectivity index (χ3v) is 6.15. The van der Waals surface area contributed by atoms with Crippen LogP contribution in [0.1, 0.15) is 27.9 Å². The van der Waals surface area contributed by atoms with Gasteiger partial charge in [-0.3, -0.25) is 4.79 Å². The third-order valence-electron chi connectivity index (χ3n) is 4.04.